The molecule has 1 aliphatic carbocycles. The summed E-state index contributed by atoms with van der Waals surface area (Å²) < 4.78 is 5.44. The second-order valence-electron chi connectivity index (χ2n) is 3.79. The van der Waals surface area contributed by atoms with Gasteiger partial charge in [-0.05, 0) is 25.7 Å². The van der Waals surface area contributed by atoms with Crippen LogP contribution in [0.1, 0.15) is 32.6 Å². The molecule has 2 unspecified atom stereocenters. The van der Waals surface area contributed by atoms with Crippen LogP contribution in [0.15, 0.2) is 0 Å². The molecule has 4 nitrogen and oxygen atoms in total. The fourth-order valence-electron chi connectivity index (χ4n) is 1.66. The van der Waals surface area contributed by atoms with Crippen LogP contribution in [0.4, 0.5) is 0 Å². The molecule has 0 heterocycles. The third-order valence-corrected chi connectivity index (χ3v) is 2.50. The molecule has 2 atom stereocenters. The molecule has 0 bridgehead atoms. The largest absolute Gasteiger partial charge is 0.367 e. The van der Waals surface area contributed by atoms with Crippen LogP contribution in [0.5, 0.6) is 0 Å². The number of ether oxygens (including phenoxy) is 1. The molecule has 0 aromatic heterocycles. The van der Waals surface area contributed by atoms with Crippen LogP contribution in [0.2, 0.25) is 0 Å². The highest BCUT2D eigenvalue weighted by atomic mass is 16.5. The Labute approximate surface area is 85.2 Å². The summed E-state index contributed by atoms with van der Waals surface area (Å²) in [5.74, 6) is -0.0362. The van der Waals surface area contributed by atoms with Gasteiger partial charge in [0, 0.05) is 12.6 Å². The summed E-state index contributed by atoms with van der Waals surface area (Å²) >= 11 is 0. The zero-order chi connectivity index (χ0) is 10.4. The summed E-state index contributed by atoms with van der Waals surface area (Å²) in [6.45, 7) is 2.89. The highest BCUT2D eigenvalue weighted by Crippen LogP contribution is 2.19. The first kappa shape index (κ1) is 11.5. The van der Waals surface area contributed by atoms with Crippen molar-refractivity contribution in [3.05, 3.63) is 0 Å². The Morgan fingerprint density at radius 3 is 2.93 bits per heavy atom. The number of hydrogen-bond acceptors (Lipinski definition) is 3. The standard InChI is InChI=1S/C10H20N2O2/c1-2-6-12-10(13)7-14-9-5-3-4-8(9)11/h8-9H,2-7,11H2,1H3,(H,12,13). The van der Waals surface area contributed by atoms with Gasteiger partial charge in [-0.15, -0.1) is 0 Å². The van der Waals surface area contributed by atoms with Crippen molar-refractivity contribution in [2.24, 2.45) is 5.73 Å². The molecule has 1 amide bonds. The summed E-state index contributed by atoms with van der Waals surface area (Å²) in [5, 5.41) is 2.77. The summed E-state index contributed by atoms with van der Waals surface area (Å²) in [6.07, 6.45) is 4.16. The van der Waals surface area contributed by atoms with Crippen LogP contribution in [-0.4, -0.2) is 31.2 Å². The van der Waals surface area contributed by atoms with Gasteiger partial charge in [0.25, 0.3) is 0 Å². The Bertz CT molecular complexity index is 185. The van der Waals surface area contributed by atoms with Crippen molar-refractivity contribution in [1.82, 2.24) is 5.32 Å². The summed E-state index contributed by atoms with van der Waals surface area (Å²) in [4.78, 5) is 11.2. The van der Waals surface area contributed by atoms with Crippen LogP contribution >= 0.6 is 0 Å². The molecule has 0 aromatic rings. The van der Waals surface area contributed by atoms with Crippen LogP contribution in [0, 0.1) is 0 Å². The number of hydrogen-bond donors (Lipinski definition) is 2. The predicted molar refractivity (Wildman–Crippen MR) is 54.9 cm³/mol. The predicted octanol–water partition coefficient (Wildman–Crippen LogP) is 0.409. The summed E-state index contributed by atoms with van der Waals surface area (Å²) in [6, 6.07) is 0.119. The lowest BCUT2D eigenvalue weighted by atomic mass is 10.2. The van der Waals surface area contributed by atoms with Crippen LogP contribution in [0.25, 0.3) is 0 Å². The molecular formula is C10H20N2O2. The molecule has 4 heteroatoms. The first-order valence-electron chi connectivity index (χ1n) is 5.38. The summed E-state index contributed by atoms with van der Waals surface area (Å²) in [7, 11) is 0. The molecule has 82 valence electrons. The maximum atomic E-state index is 11.2. The molecular weight excluding hydrogens is 180 g/mol. The number of carbonyl (C=O) groups excluding carboxylic acids is 1. The van der Waals surface area contributed by atoms with Gasteiger partial charge >= 0.3 is 0 Å². The molecule has 0 radical (unpaired) electrons. The van der Waals surface area contributed by atoms with Gasteiger partial charge < -0.3 is 15.8 Å². The lowest BCUT2D eigenvalue weighted by Crippen LogP contribution is -2.35. The van der Waals surface area contributed by atoms with E-state index < -0.39 is 0 Å². The van der Waals surface area contributed by atoms with Crippen LogP contribution in [-0.2, 0) is 9.53 Å². The molecule has 0 spiro atoms. The summed E-state index contributed by atoms with van der Waals surface area (Å²) in [5.41, 5.74) is 5.81. The molecule has 0 saturated heterocycles. The molecule has 0 aliphatic heterocycles. The first-order chi connectivity index (χ1) is 6.74. The molecule has 3 N–H and O–H groups in total. The third-order valence-electron chi connectivity index (χ3n) is 2.50. The number of nitrogens with one attached hydrogen (secondary N) is 1. The Hall–Kier alpha value is -0.610. The molecule has 0 aromatic carbocycles. The van der Waals surface area contributed by atoms with E-state index in [1.165, 1.54) is 0 Å². The van der Waals surface area contributed by atoms with Crippen molar-refractivity contribution in [2.75, 3.05) is 13.2 Å². The number of amides is 1. The van der Waals surface area contributed by atoms with Crippen molar-refractivity contribution in [2.45, 2.75) is 44.8 Å². The van der Waals surface area contributed by atoms with Gasteiger partial charge in [-0.2, -0.15) is 0 Å². The average Bonchev–Trinajstić information content (AvgIpc) is 2.58. The van der Waals surface area contributed by atoms with Crippen LogP contribution < -0.4 is 11.1 Å². The average molecular weight is 200 g/mol. The Morgan fingerprint density at radius 1 is 1.57 bits per heavy atom. The minimum atomic E-state index is -0.0362. The topological polar surface area (TPSA) is 64.3 Å². The van der Waals surface area contributed by atoms with E-state index in [-0.39, 0.29) is 24.7 Å². The van der Waals surface area contributed by atoms with E-state index in [4.69, 9.17) is 10.5 Å². The van der Waals surface area contributed by atoms with Crippen molar-refractivity contribution >= 4 is 5.91 Å². The number of carbonyl (C=O) groups is 1. The second-order valence-corrected chi connectivity index (χ2v) is 3.79. The van der Waals surface area contributed by atoms with Gasteiger partial charge in [0.1, 0.15) is 6.61 Å². The Kier molecular flexibility index (Phi) is 4.90. The van der Waals surface area contributed by atoms with Crippen molar-refractivity contribution in [1.29, 1.82) is 0 Å². The maximum absolute atomic E-state index is 11.2. The van der Waals surface area contributed by atoms with E-state index in [0.717, 1.165) is 32.2 Å². The Balaban J connectivity index is 2.10. The second kappa shape index (κ2) is 5.98. The first-order valence-corrected chi connectivity index (χ1v) is 5.38. The van der Waals surface area contributed by atoms with Crippen molar-refractivity contribution in [3.63, 3.8) is 0 Å². The molecule has 1 saturated carbocycles. The number of rotatable bonds is 5. The van der Waals surface area contributed by atoms with Gasteiger partial charge in [0.15, 0.2) is 0 Å². The SMILES string of the molecule is CCCNC(=O)COC1CCCC1N. The monoisotopic (exact) mass is 200 g/mol. The van der Waals surface area contributed by atoms with Gasteiger partial charge in [-0.1, -0.05) is 6.92 Å². The minimum Gasteiger partial charge on any atom is -0.367 e. The lowest BCUT2D eigenvalue weighted by Gasteiger charge is -2.15. The lowest BCUT2D eigenvalue weighted by molar-refractivity contribution is -0.127. The van der Waals surface area contributed by atoms with E-state index in [1.807, 2.05) is 6.92 Å². The van der Waals surface area contributed by atoms with Gasteiger partial charge in [0.05, 0.1) is 6.10 Å². The van der Waals surface area contributed by atoms with E-state index >= 15 is 0 Å². The maximum Gasteiger partial charge on any atom is 0.246 e. The zero-order valence-corrected chi connectivity index (χ0v) is 8.79. The molecule has 1 rings (SSSR count). The number of nitrogens with two attached hydrogens (primary N) is 1. The van der Waals surface area contributed by atoms with E-state index in [0.29, 0.717) is 0 Å². The van der Waals surface area contributed by atoms with Gasteiger partial charge in [-0.3, -0.25) is 4.79 Å². The molecule has 1 aliphatic rings. The highest BCUT2D eigenvalue weighted by Gasteiger charge is 2.24. The molecule has 14 heavy (non-hydrogen) atoms. The normalized spacial score (nSPS) is 26.4. The highest BCUT2D eigenvalue weighted by molar-refractivity contribution is 5.77. The third kappa shape index (κ3) is 3.64. The van der Waals surface area contributed by atoms with E-state index in [9.17, 15) is 4.79 Å². The molecule has 1 fully saturated rings. The van der Waals surface area contributed by atoms with Crippen molar-refractivity contribution < 1.29 is 9.53 Å². The fraction of sp³-hybridized carbons (Fsp3) is 0.900. The van der Waals surface area contributed by atoms with E-state index in [2.05, 4.69) is 5.32 Å². The Morgan fingerprint density at radius 2 is 2.36 bits per heavy atom. The van der Waals surface area contributed by atoms with Crippen LogP contribution in [0.3, 0.4) is 0 Å². The van der Waals surface area contributed by atoms with E-state index in [1.54, 1.807) is 0 Å². The van der Waals surface area contributed by atoms with Crippen molar-refractivity contribution in [3.8, 4) is 0 Å². The zero-order valence-electron chi connectivity index (χ0n) is 8.79. The van der Waals surface area contributed by atoms with Gasteiger partial charge in [-0.25, -0.2) is 0 Å². The minimum absolute atomic E-state index is 0.0362. The quantitative estimate of drug-likeness (QED) is 0.675. The van der Waals surface area contributed by atoms with Gasteiger partial charge in [0.2, 0.25) is 5.91 Å². The smallest absolute Gasteiger partial charge is 0.246 e. The fourth-order valence-corrected chi connectivity index (χ4v) is 1.66.